The highest BCUT2D eigenvalue weighted by Gasteiger charge is 2.19. The highest BCUT2D eigenvalue weighted by Crippen LogP contribution is 2.14. The molecular weight excluding hydrogens is 289 g/mol. The van der Waals surface area contributed by atoms with Crippen LogP contribution in [0.15, 0.2) is 30.3 Å². The van der Waals surface area contributed by atoms with Crippen molar-refractivity contribution in [3.63, 3.8) is 0 Å². The summed E-state index contributed by atoms with van der Waals surface area (Å²) in [7, 11) is 0. The van der Waals surface area contributed by atoms with Crippen molar-refractivity contribution >= 4 is 5.91 Å². The summed E-state index contributed by atoms with van der Waals surface area (Å²) in [6.45, 7) is 1.66. The molecule has 0 bridgehead atoms. The molecule has 0 radical (unpaired) electrons. The van der Waals surface area contributed by atoms with Crippen molar-refractivity contribution in [2.24, 2.45) is 0 Å². The first kappa shape index (κ1) is 16.1. The largest absolute Gasteiger partial charge is 0.395 e. The van der Waals surface area contributed by atoms with Crippen LogP contribution in [0.25, 0.3) is 5.69 Å². The van der Waals surface area contributed by atoms with E-state index in [1.807, 2.05) is 0 Å². The highest BCUT2D eigenvalue weighted by molar-refractivity contribution is 5.92. The Morgan fingerprint density at radius 3 is 2.36 bits per heavy atom. The van der Waals surface area contributed by atoms with Gasteiger partial charge in [0.1, 0.15) is 5.82 Å². The fourth-order valence-electron chi connectivity index (χ4n) is 2.14. The third kappa shape index (κ3) is 3.49. The van der Waals surface area contributed by atoms with Crippen molar-refractivity contribution in [3.8, 4) is 5.69 Å². The maximum absolute atomic E-state index is 13.0. The molecule has 2 aromatic rings. The average molecular weight is 307 g/mol. The number of aliphatic hydroxyl groups excluding tert-OH is 2. The average Bonchev–Trinajstić information content (AvgIpc) is 2.89. The van der Waals surface area contributed by atoms with Crippen LogP contribution in [0.4, 0.5) is 4.39 Å². The van der Waals surface area contributed by atoms with Crippen LogP contribution in [-0.2, 0) is 0 Å². The summed E-state index contributed by atoms with van der Waals surface area (Å²) in [4.78, 5) is 13.7. The van der Waals surface area contributed by atoms with Gasteiger partial charge >= 0.3 is 0 Å². The number of carbonyl (C=O) groups is 1. The van der Waals surface area contributed by atoms with Crippen molar-refractivity contribution in [3.05, 3.63) is 47.5 Å². The summed E-state index contributed by atoms with van der Waals surface area (Å²) in [5.41, 5.74) is 1.58. The number of rotatable bonds is 6. The van der Waals surface area contributed by atoms with Gasteiger partial charge in [0.2, 0.25) is 0 Å². The number of aromatic nitrogens is 2. The Bertz CT molecular complexity index is 634. The summed E-state index contributed by atoms with van der Waals surface area (Å²) in [5.74, 6) is -0.714. The molecule has 1 heterocycles. The molecule has 1 aromatic carbocycles. The molecule has 1 aromatic heterocycles. The van der Waals surface area contributed by atoms with Crippen LogP contribution in [0.1, 0.15) is 16.2 Å². The third-order valence-corrected chi connectivity index (χ3v) is 3.20. The molecule has 0 saturated carbocycles. The first-order valence-electron chi connectivity index (χ1n) is 6.90. The molecule has 0 spiro atoms. The number of aryl methyl sites for hydroxylation is 1. The van der Waals surface area contributed by atoms with E-state index < -0.39 is 0 Å². The molecular formula is C15H18FN3O3. The second-order valence-corrected chi connectivity index (χ2v) is 4.80. The standard InChI is InChI=1S/C15H18FN3O3/c1-11-10-14(15(22)18(6-8-20)7-9-21)17-19(11)13-4-2-12(16)3-5-13/h2-5,10,20-21H,6-9H2,1H3. The summed E-state index contributed by atoms with van der Waals surface area (Å²) in [6.07, 6.45) is 0. The van der Waals surface area contributed by atoms with E-state index >= 15 is 0 Å². The molecule has 118 valence electrons. The van der Waals surface area contributed by atoms with E-state index in [0.717, 1.165) is 5.69 Å². The van der Waals surface area contributed by atoms with Gasteiger partial charge in [-0.05, 0) is 37.3 Å². The van der Waals surface area contributed by atoms with Gasteiger partial charge in [-0.2, -0.15) is 5.10 Å². The number of benzene rings is 1. The van der Waals surface area contributed by atoms with Crippen molar-refractivity contribution in [1.82, 2.24) is 14.7 Å². The number of nitrogens with zero attached hydrogens (tertiary/aromatic N) is 3. The van der Waals surface area contributed by atoms with Crippen molar-refractivity contribution in [2.75, 3.05) is 26.3 Å². The zero-order chi connectivity index (χ0) is 16.1. The molecule has 0 aliphatic heterocycles. The SMILES string of the molecule is Cc1cc(C(=O)N(CCO)CCO)nn1-c1ccc(F)cc1. The predicted octanol–water partition coefficient (Wildman–Crippen LogP) is 0.747. The van der Waals surface area contributed by atoms with Gasteiger partial charge in [0.25, 0.3) is 5.91 Å². The van der Waals surface area contributed by atoms with Crippen molar-refractivity contribution in [1.29, 1.82) is 0 Å². The Balaban J connectivity index is 2.28. The van der Waals surface area contributed by atoms with Crippen LogP contribution in [0, 0.1) is 12.7 Å². The molecule has 0 aliphatic rings. The molecule has 0 fully saturated rings. The minimum atomic E-state index is -0.368. The first-order valence-corrected chi connectivity index (χ1v) is 6.90. The second-order valence-electron chi connectivity index (χ2n) is 4.80. The van der Waals surface area contributed by atoms with Crippen LogP contribution in [0.5, 0.6) is 0 Å². The van der Waals surface area contributed by atoms with Gasteiger partial charge in [0, 0.05) is 18.8 Å². The van der Waals surface area contributed by atoms with E-state index in [4.69, 9.17) is 10.2 Å². The molecule has 1 amide bonds. The van der Waals surface area contributed by atoms with Crippen molar-refractivity contribution < 1.29 is 19.4 Å². The second kappa shape index (κ2) is 7.15. The number of carbonyl (C=O) groups excluding carboxylic acids is 1. The number of amides is 1. The lowest BCUT2D eigenvalue weighted by atomic mass is 10.3. The zero-order valence-electron chi connectivity index (χ0n) is 12.2. The predicted molar refractivity (Wildman–Crippen MR) is 78.3 cm³/mol. The van der Waals surface area contributed by atoms with Crippen LogP contribution in [0.3, 0.4) is 0 Å². The molecule has 7 heteroatoms. The Morgan fingerprint density at radius 1 is 1.23 bits per heavy atom. The molecule has 2 rings (SSSR count). The first-order chi connectivity index (χ1) is 10.6. The topological polar surface area (TPSA) is 78.6 Å². The summed E-state index contributed by atoms with van der Waals surface area (Å²) < 4.78 is 14.5. The summed E-state index contributed by atoms with van der Waals surface area (Å²) >= 11 is 0. The van der Waals surface area contributed by atoms with E-state index in [9.17, 15) is 9.18 Å². The van der Waals surface area contributed by atoms with E-state index in [0.29, 0.717) is 5.69 Å². The summed E-state index contributed by atoms with van der Waals surface area (Å²) in [5, 5.41) is 22.2. The maximum Gasteiger partial charge on any atom is 0.274 e. The lowest BCUT2D eigenvalue weighted by molar-refractivity contribution is 0.0678. The van der Waals surface area contributed by atoms with Gasteiger partial charge in [-0.3, -0.25) is 4.79 Å². The van der Waals surface area contributed by atoms with Gasteiger partial charge in [-0.25, -0.2) is 9.07 Å². The number of aliphatic hydroxyl groups is 2. The van der Waals surface area contributed by atoms with Gasteiger partial charge in [-0.1, -0.05) is 0 Å². The van der Waals surface area contributed by atoms with E-state index in [-0.39, 0.29) is 43.7 Å². The lowest BCUT2D eigenvalue weighted by Crippen LogP contribution is -2.36. The molecule has 0 unspecified atom stereocenters. The third-order valence-electron chi connectivity index (χ3n) is 3.20. The smallest absolute Gasteiger partial charge is 0.274 e. The maximum atomic E-state index is 13.0. The van der Waals surface area contributed by atoms with Crippen LogP contribution >= 0.6 is 0 Å². The minimum absolute atomic E-state index is 0.127. The molecule has 6 nitrogen and oxygen atoms in total. The van der Waals surface area contributed by atoms with Crippen molar-refractivity contribution in [2.45, 2.75) is 6.92 Å². The van der Waals surface area contributed by atoms with Crippen LogP contribution in [-0.4, -0.2) is 57.1 Å². The minimum Gasteiger partial charge on any atom is -0.395 e. The number of halogens is 1. The molecule has 0 aliphatic carbocycles. The van der Waals surface area contributed by atoms with Gasteiger partial charge < -0.3 is 15.1 Å². The Labute approximate surface area is 127 Å². The molecule has 22 heavy (non-hydrogen) atoms. The van der Waals surface area contributed by atoms with Gasteiger partial charge in [0.05, 0.1) is 18.9 Å². The van der Waals surface area contributed by atoms with E-state index in [1.54, 1.807) is 29.8 Å². The van der Waals surface area contributed by atoms with E-state index in [2.05, 4.69) is 5.10 Å². The van der Waals surface area contributed by atoms with Crippen LogP contribution < -0.4 is 0 Å². The monoisotopic (exact) mass is 307 g/mol. The Hall–Kier alpha value is -2.25. The van der Waals surface area contributed by atoms with E-state index in [1.165, 1.54) is 17.0 Å². The Morgan fingerprint density at radius 2 is 1.82 bits per heavy atom. The van der Waals surface area contributed by atoms with Gasteiger partial charge in [0.15, 0.2) is 5.69 Å². The number of hydrogen-bond acceptors (Lipinski definition) is 4. The fraction of sp³-hybridized carbons (Fsp3) is 0.333. The highest BCUT2D eigenvalue weighted by atomic mass is 19.1. The zero-order valence-corrected chi connectivity index (χ0v) is 12.2. The molecule has 0 saturated heterocycles. The lowest BCUT2D eigenvalue weighted by Gasteiger charge is -2.19. The fourth-order valence-corrected chi connectivity index (χ4v) is 2.14. The molecule has 0 atom stereocenters. The summed E-state index contributed by atoms with van der Waals surface area (Å²) in [6, 6.07) is 7.41. The molecule has 2 N–H and O–H groups in total. The Kier molecular flexibility index (Phi) is 5.24. The van der Waals surface area contributed by atoms with Gasteiger partial charge in [-0.15, -0.1) is 0 Å². The van der Waals surface area contributed by atoms with Crippen LogP contribution in [0.2, 0.25) is 0 Å². The normalized spacial score (nSPS) is 10.7. The quantitative estimate of drug-likeness (QED) is 0.825. The number of hydrogen-bond donors (Lipinski definition) is 2.